The van der Waals surface area contributed by atoms with E-state index in [1.807, 2.05) is 27.8 Å². The summed E-state index contributed by atoms with van der Waals surface area (Å²) >= 11 is 0. The summed E-state index contributed by atoms with van der Waals surface area (Å²) in [6.45, 7) is 15.2. The van der Waals surface area contributed by atoms with Crippen molar-refractivity contribution >= 4 is 12.6 Å². The third-order valence-corrected chi connectivity index (χ3v) is 2.20. The summed E-state index contributed by atoms with van der Waals surface area (Å²) in [6.07, 6.45) is 1.45. The number of rotatable bonds is 15. The van der Waals surface area contributed by atoms with Crippen LogP contribution in [-0.4, -0.2) is 91.1 Å². The van der Waals surface area contributed by atoms with Crippen molar-refractivity contribution in [2.45, 2.75) is 40.2 Å². The smallest absolute Gasteiger partial charge is 0.145 e. The van der Waals surface area contributed by atoms with Gasteiger partial charge in [-0.1, -0.05) is 13.8 Å². The standard InChI is InChI=1S/C9H22N2O3.C4H9NO.C4H8O2.C2H6/c1-11-3-5-13-7-9-14-8-6-12-4-2-10;1-4(2,5)3-6;1-2-6-4-3-5;1-2/h11H,2-10H2,1H3;3H,5H2,1-2H3;3H,2,4H2,1H3;1-2H3. The molecule has 172 valence electrons. The van der Waals surface area contributed by atoms with E-state index in [4.69, 9.17) is 25.7 Å². The Balaban J connectivity index is -0.000000171. The summed E-state index contributed by atoms with van der Waals surface area (Å²) in [5, 5.41) is 3.00. The van der Waals surface area contributed by atoms with Crippen molar-refractivity contribution in [2.75, 3.05) is 73.0 Å². The molecule has 9 nitrogen and oxygen atoms in total. The highest BCUT2D eigenvalue weighted by molar-refractivity contribution is 5.61. The van der Waals surface area contributed by atoms with Gasteiger partial charge in [0.05, 0.1) is 45.2 Å². The first-order chi connectivity index (χ1) is 13.4. The first-order valence-corrected chi connectivity index (χ1v) is 9.74. The number of carbonyl (C=O) groups excluding carboxylic acids is 2. The number of aldehydes is 2. The lowest BCUT2D eigenvalue weighted by Crippen LogP contribution is -2.33. The average molecular weight is 412 g/mol. The Morgan fingerprint density at radius 2 is 1.32 bits per heavy atom. The Bertz CT molecular complexity index is 265. The molecule has 0 amide bonds. The molecular weight excluding hydrogens is 366 g/mol. The van der Waals surface area contributed by atoms with Gasteiger partial charge < -0.3 is 45.3 Å². The van der Waals surface area contributed by atoms with Crippen LogP contribution < -0.4 is 16.8 Å². The van der Waals surface area contributed by atoms with Crippen molar-refractivity contribution in [1.82, 2.24) is 5.32 Å². The van der Waals surface area contributed by atoms with Crippen molar-refractivity contribution in [2.24, 2.45) is 11.5 Å². The Morgan fingerprint density at radius 3 is 1.61 bits per heavy atom. The molecule has 28 heavy (non-hydrogen) atoms. The van der Waals surface area contributed by atoms with Crippen molar-refractivity contribution in [3.05, 3.63) is 0 Å². The molecule has 0 radical (unpaired) electrons. The molecule has 0 unspecified atom stereocenters. The van der Waals surface area contributed by atoms with Crippen LogP contribution in [0.4, 0.5) is 0 Å². The fraction of sp³-hybridized carbons (Fsp3) is 0.895. The molecule has 0 spiro atoms. The number of hydrogen-bond acceptors (Lipinski definition) is 9. The topological polar surface area (TPSA) is 135 Å². The van der Waals surface area contributed by atoms with Gasteiger partial charge in [0.1, 0.15) is 19.2 Å². The highest BCUT2D eigenvalue weighted by atomic mass is 16.5. The lowest BCUT2D eigenvalue weighted by Gasteiger charge is -2.05. The molecule has 0 aromatic carbocycles. The van der Waals surface area contributed by atoms with E-state index in [9.17, 15) is 9.59 Å². The fourth-order valence-electron chi connectivity index (χ4n) is 0.965. The summed E-state index contributed by atoms with van der Waals surface area (Å²) in [5.41, 5.74) is 9.77. The molecule has 0 saturated heterocycles. The molecule has 0 aliphatic heterocycles. The largest absolute Gasteiger partial charge is 0.378 e. The minimum atomic E-state index is -0.639. The summed E-state index contributed by atoms with van der Waals surface area (Å²) < 4.78 is 20.2. The Morgan fingerprint density at radius 1 is 0.893 bits per heavy atom. The normalized spacial score (nSPS) is 9.71. The van der Waals surface area contributed by atoms with E-state index in [0.717, 1.165) is 19.4 Å². The van der Waals surface area contributed by atoms with Gasteiger partial charge in [-0.25, -0.2) is 0 Å². The van der Waals surface area contributed by atoms with Crippen molar-refractivity contribution in [3.63, 3.8) is 0 Å². The quantitative estimate of drug-likeness (QED) is 0.258. The van der Waals surface area contributed by atoms with E-state index in [1.165, 1.54) is 0 Å². The first kappa shape index (κ1) is 34.6. The Hall–Kier alpha value is -0.940. The molecule has 9 heteroatoms. The van der Waals surface area contributed by atoms with E-state index in [0.29, 0.717) is 52.5 Å². The van der Waals surface area contributed by atoms with Crippen LogP contribution in [0.3, 0.4) is 0 Å². The summed E-state index contributed by atoms with van der Waals surface area (Å²) in [4.78, 5) is 19.1. The summed E-state index contributed by atoms with van der Waals surface area (Å²) in [7, 11) is 1.90. The first-order valence-electron chi connectivity index (χ1n) is 9.74. The maximum absolute atomic E-state index is 9.70. The van der Waals surface area contributed by atoms with Crippen LogP contribution in [0.5, 0.6) is 0 Å². The number of ether oxygens (including phenoxy) is 4. The minimum Gasteiger partial charge on any atom is -0.378 e. The van der Waals surface area contributed by atoms with Gasteiger partial charge >= 0.3 is 0 Å². The molecule has 0 aromatic rings. The van der Waals surface area contributed by atoms with E-state index >= 15 is 0 Å². The van der Waals surface area contributed by atoms with Crippen LogP contribution in [0, 0.1) is 0 Å². The zero-order chi connectivity index (χ0) is 22.5. The molecule has 0 aliphatic rings. The third-order valence-electron chi connectivity index (χ3n) is 2.20. The predicted octanol–water partition coefficient (Wildman–Crippen LogP) is 0.385. The predicted molar refractivity (Wildman–Crippen MR) is 114 cm³/mol. The van der Waals surface area contributed by atoms with Crippen LogP contribution in [0.15, 0.2) is 0 Å². The SMILES string of the molecule is CC.CC(C)(N)C=O.CCOCC=O.CNCCOCCOCCOCCN. The molecule has 0 heterocycles. The second kappa shape index (κ2) is 33.6. The second-order valence-corrected chi connectivity index (χ2v) is 5.49. The van der Waals surface area contributed by atoms with Gasteiger partial charge in [0.2, 0.25) is 0 Å². The monoisotopic (exact) mass is 411 g/mol. The number of hydrogen-bond donors (Lipinski definition) is 3. The number of nitrogens with one attached hydrogen (secondary N) is 1. The highest BCUT2D eigenvalue weighted by Crippen LogP contribution is 1.85. The van der Waals surface area contributed by atoms with Gasteiger partial charge in [-0.3, -0.25) is 0 Å². The van der Waals surface area contributed by atoms with Crippen LogP contribution in [0.25, 0.3) is 0 Å². The van der Waals surface area contributed by atoms with Gasteiger partial charge in [-0.15, -0.1) is 0 Å². The molecule has 0 bridgehead atoms. The molecular formula is C19H45N3O6. The molecule has 5 N–H and O–H groups in total. The van der Waals surface area contributed by atoms with Crippen molar-refractivity contribution < 1.29 is 28.5 Å². The number of carbonyl (C=O) groups is 2. The Kier molecular flexibility index (Phi) is 41.5. The van der Waals surface area contributed by atoms with E-state index in [2.05, 4.69) is 10.1 Å². The zero-order valence-corrected chi connectivity index (χ0v) is 18.8. The van der Waals surface area contributed by atoms with Crippen molar-refractivity contribution in [1.29, 1.82) is 0 Å². The van der Waals surface area contributed by atoms with E-state index in [-0.39, 0.29) is 6.61 Å². The molecule has 0 fully saturated rings. The summed E-state index contributed by atoms with van der Waals surface area (Å²) in [5.74, 6) is 0. The van der Waals surface area contributed by atoms with Crippen molar-refractivity contribution in [3.8, 4) is 0 Å². The highest BCUT2D eigenvalue weighted by Gasteiger charge is 2.04. The van der Waals surface area contributed by atoms with E-state index in [1.54, 1.807) is 13.8 Å². The van der Waals surface area contributed by atoms with Gasteiger partial charge in [0.25, 0.3) is 0 Å². The van der Waals surface area contributed by atoms with Crippen LogP contribution in [0.1, 0.15) is 34.6 Å². The lowest BCUT2D eigenvalue weighted by atomic mass is 10.1. The minimum absolute atomic E-state index is 0.233. The van der Waals surface area contributed by atoms with Crippen LogP contribution in [0.2, 0.25) is 0 Å². The molecule has 0 saturated carbocycles. The maximum atomic E-state index is 9.70. The molecule has 0 atom stereocenters. The zero-order valence-electron chi connectivity index (χ0n) is 18.8. The van der Waals surface area contributed by atoms with E-state index < -0.39 is 5.54 Å². The van der Waals surface area contributed by atoms with Crippen LogP contribution >= 0.6 is 0 Å². The molecule has 0 rings (SSSR count). The van der Waals surface area contributed by atoms with Gasteiger partial charge in [0, 0.05) is 19.7 Å². The average Bonchev–Trinajstić information content (AvgIpc) is 2.70. The van der Waals surface area contributed by atoms with Gasteiger partial charge in [-0.2, -0.15) is 0 Å². The second-order valence-electron chi connectivity index (χ2n) is 5.49. The third kappa shape index (κ3) is 56.2. The van der Waals surface area contributed by atoms with Gasteiger partial charge in [-0.05, 0) is 27.8 Å². The van der Waals surface area contributed by atoms with Crippen LogP contribution in [-0.2, 0) is 28.5 Å². The number of likely N-dealkylation sites (N-methyl/N-ethyl adjacent to an activating group) is 1. The summed E-state index contributed by atoms with van der Waals surface area (Å²) in [6, 6.07) is 0. The number of nitrogens with two attached hydrogens (primary N) is 2. The lowest BCUT2D eigenvalue weighted by molar-refractivity contribution is -0.112. The molecule has 0 aliphatic carbocycles. The molecule has 0 aromatic heterocycles. The maximum Gasteiger partial charge on any atom is 0.145 e. The van der Waals surface area contributed by atoms with Gasteiger partial charge in [0.15, 0.2) is 0 Å². The fourth-order valence-corrected chi connectivity index (χ4v) is 0.965. The Labute approximate surface area is 171 Å².